The second-order valence-corrected chi connectivity index (χ2v) is 6.27. The summed E-state index contributed by atoms with van der Waals surface area (Å²) in [7, 11) is 0. The van der Waals surface area contributed by atoms with Gasteiger partial charge in [0.05, 0.1) is 28.0 Å². The molecular formula is C16H11Cl2N3OS. The molecule has 0 saturated heterocycles. The van der Waals surface area contributed by atoms with Gasteiger partial charge in [-0.25, -0.2) is 0 Å². The highest BCUT2D eigenvalue weighted by Crippen LogP contribution is 2.23. The molecule has 23 heavy (non-hydrogen) atoms. The van der Waals surface area contributed by atoms with Gasteiger partial charge < -0.3 is 5.32 Å². The average molecular weight is 364 g/mol. The zero-order chi connectivity index (χ0) is 16.2. The van der Waals surface area contributed by atoms with E-state index in [0.717, 1.165) is 11.3 Å². The number of carbonyl (C=O) groups is 1. The van der Waals surface area contributed by atoms with Crippen LogP contribution in [0, 0.1) is 0 Å². The number of hydrogen-bond donors (Lipinski definition) is 1. The van der Waals surface area contributed by atoms with Crippen LogP contribution in [-0.2, 0) is 6.54 Å². The van der Waals surface area contributed by atoms with Gasteiger partial charge in [-0.05, 0) is 29.6 Å². The molecule has 0 atom stereocenters. The summed E-state index contributed by atoms with van der Waals surface area (Å²) >= 11 is 13.4. The Kier molecular flexibility index (Phi) is 4.91. The van der Waals surface area contributed by atoms with E-state index in [1.54, 1.807) is 35.9 Å². The van der Waals surface area contributed by atoms with Crippen molar-refractivity contribution >= 4 is 40.4 Å². The van der Waals surface area contributed by atoms with Crippen LogP contribution >= 0.6 is 34.5 Å². The maximum atomic E-state index is 12.2. The quantitative estimate of drug-likeness (QED) is 0.745. The highest BCUT2D eigenvalue weighted by Gasteiger charge is 2.12. The monoisotopic (exact) mass is 363 g/mol. The third-order valence-electron chi connectivity index (χ3n) is 3.17. The lowest BCUT2D eigenvalue weighted by molar-refractivity contribution is 0.0950. The van der Waals surface area contributed by atoms with Gasteiger partial charge in [-0.1, -0.05) is 23.2 Å². The van der Waals surface area contributed by atoms with Gasteiger partial charge in [0.1, 0.15) is 0 Å². The number of carbonyl (C=O) groups excluding carboxylic acids is 1. The summed E-state index contributed by atoms with van der Waals surface area (Å²) in [5, 5.41) is 7.55. The van der Waals surface area contributed by atoms with Crippen molar-refractivity contribution in [3.8, 4) is 11.3 Å². The van der Waals surface area contributed by atoms with Crippen molar-refractivity contribution in [1.29, 1.82) is 0 Å². The van der Waals surface area contributed by atoms with Crippen molar-refractivity contribution in [2.75, 3.05) is 0 Å². The summed E-state index contributed by atoms with van der Waals surface area (Å²) in [6.07, 6.45) is 3.24. The van der Waals surface area contributed by atoms with Crippen molar-refractivity contribution in [2.45, 2.75) is 6.54 Å². The Hall–Kier alpha value is -1.95. The third kappa shape index (κ3) is 3.69. The Labute approximate surface area is 147 Å². The summed E-state index contributed by atoms with van der Waals surface area (Å²) in [5.41, 5.74) is 2.91. The average Bonchev–Trinajstić information content (AvgIpc) is 3.10. The number of nitrogens with one attached hydrogen (secondary N) is 1. The van der Waals surface area contributed by atoms with Gasteiger partial charge in [0.2, 0.25) is 0 Å². The number of nitrogens with zero attached hydrogens (tertiary/aromatic N) is 2. The Bertz CT molecular complexity index is 837. The van der Waals surface area contributed by atoms with Crippen molar-refractivity contribution in [3.63, 3.8) is 0 Å². The number of rotatable bonds is 4. The first-order chi connectivity index (χ1) is 11.1. The second-order valence-electron chi connectivity index (χ2n) is 4.68. The van der Waals surface area contributed by atoms with E-state index in [9.17, 15) is 4.79 Å². The fourth-order valence-corrected chi connectivity index (χ4v) is 2.98. The number of benzene rings is 1. The van der Waals surface area contributed by atoms with E-state index in [0.29, 0.717) is 21.3 Å². The van der Waals surface area contributed by atoms with Crippen LogP contribution in [0.2, 0.25) is 10.0 Å². The molecule has 0 spiro atoms. The molecule has 1 amide bonds. The van der Waals surface area contributed by atoms with Crippen molar-refractivity contribution in [3.05, 3.63) is 68.7 Å². The fraction of sp³-hybridized carbons (Fsp3) is 0.0625. The SMILES string of the molecule is O=C(NCc1nccnc1-c1ccsc1)c1ccc(Cl)c(Cl)c1. The number of halogens is 2. The number of thiophene rings is 1. The van der Waals surface area contributed by atoms with Crippen LogP contribution < -0.4 is 5.32 Å². The predicted molar refractivity (Wildman–Crippen MR) is 93.0 cm³/mol. The molecule has 2 aromatic heterocycles. The second kappa shape index (κ2) is 7.08. The molecular weight excluding hydrogens is 353 g/mol. The Balaban J connectivity index is 1.76. The van der Waals surface area contributed by atoms with Crippen molar-refractivity contribution in [2.24, 2.45) is 0 Å². The van der Waals surface area contributed by atoms with Crippen molar-refractivity contribution < 1.29 is 4.79 Å². The smallest absolute Gasteiger partial charge is 0.251 e. The lowest BCUT2D eigenvalue weighted by Crippen LogP contribution is -2.23. The Morgan fingerprint density at radius 2 is 1.96 bits per heavy atom. The largest absolute Gasteiger partial charge is 0.346 e. The molecule has 0 aliphatic heterocycles. The molecule has 116 valence electrons. The summed E-state index contributed by atoms with van der Waals surface area (Å²) < 4.78 is 0. The molecule has 4 nitrogen and oxygen atoms in total. The first-order valence-electron chi connectivity index (χ1n) is 6.71. The van der Waals surface area contributed by atoms with Crippen LogP contribution in [0.3, 0.4) is 0 Å². The number of amides is 1. The summed E-state index contributed by atoms with van der Waals surface area (Å²) in [6.45, 7) is 0.276. The lowest BCUT2D eigenvalue weighted by atomic mass is 10.1. The summed E-state index contributed by atoms with van der Waals surface area (Å²) in [4.78, 5) is 20.9. The Morgan fingerprint density at radius 3 is 2.70 bits per heavy atom. The van der Waals surface area contributed by atoms with E-state index in [1.807, 2.05) is 16.8 Å². The van der Waals surface area contributed by atoms with Crippen LogP contribution in [0.1, 0.15) is 16.1 Å². The first-order valence-corrected chi connectivity index (χ1v) is 8.41. The van der Waals surface area contributed by atoms with Crippen molar-refractivity contribution in [1.82, 2.24) is 15.3 Å². The van der Waals surface area contributed by atoms with Gasteiger partial charge in [0.25, 0.3) is 5.91 Å². The molecule has 0 saturated carbocycles. The Morgan fingerprint density at radius 1 is 1.13 bits per heavy atom. The molecule has 1 aromatic carbocycles. The van der Waals surface area contributed by atoms with E-state index in [2.05, 4.69) is 15.3 Å². The molecule has 0 fully saturated rings. The lowest BCUT2D eigenvalue weighted by Gasteiger charge is -2.08. The van der Waals surface area contributed by atoms with E-state index in [-0.39, 0.29) is 12.5 Å². The molecule has 0 bridgehead atoms. The van der Waals surface area contributed by atoms with Gasteiger partial charge >= 0.3 is 0 Å². The van der Waals surface area contributed by atoms with Gasteiger partial charge in [0.15, 0.2) is 0 Å². The number of aromatic nitrogens is 2. The van der Waals surface area contributed by atoms with E-state index in [1.165, 1.54) is 6.07 Å². The zero-order valence-electron chi connectivity index (χ0n) is 11.8. The van der Waals surface area contributed by atoms with Crippen LogP contribution in [0.4, 0.5) is 0 Å². The van der Waals surface area contributed by atoms with E-state index >= 15 is 0 Å². The predicted octanol–water partition coefficient (Wildman–Crippen LogP) is 4.44. The molecule has 1 N–H and O–H groups in total. The minimum atomic E-state index is -0.245. The normalized spacial score (nSPS) is 10.5. The standard InChI is InChI=1S/C16H11Cl2N3OS/c17-12-2-1-10(7-13(12)18)16(22)21-8-14-15(20-5-4-19-14)11-3-6-23-9-11/h1-7,9H,8H2,(H,21,22). The van der Waals surface area contributed by atoms with Crippen LogP contribution in [-0.4, -0.2) is 15.9 Å². The van der Waals surface area contributed by atoms with Crippen LogP contribution in [0.5, 0.6) is 0 Å². The highest BCUT2D eigenvalue weighted by atomic mass is 35.5. The van der Waals surface area contributed by atoms with Crippen LogP contribution in [0.25, 0.3) is 11.3 Å². The van der Waals surface area contributed by atoms with Gasteiger partial charge in [0, 0.05) is 28.9 Å². The van der Waals surface area contributed by atoms with E-state index < -0.39 is 0 Å². The fourth-order valence-electron chi connectivity index (χ4n) is 2.04. The molecule has 0 aliphatic carbocycles. The zero-order valence-corrected chi connectivity index (χ0v) is 14.1. The molecule has 0 aliphatic rings. The topological polar surface area (TPSA) is 54.9 Å². The minimum Gasteiger partial charge on any atom is -0.346 e. The third-order valence-corrected chi connectivity index (χ3v) is 4.59. The highest BCUT2D eigenvalue weighted by molar-refractivity contribution is 7.08. The molecule has 2 heterocycles. The maximum absolute atomic E-state index is 12.2. The van der Waals surface area contributed by atoms with Gasteiger partial charge in [-0.15, -0.1) is 0 Å². The van der Waals surface area contributed by atoms with Crippen LogP contribution in [0.15, 0.2) is 47.4 Å². The molecule has 0 radical (unpaired) electrons. The molecule has 3 rings (SSSR count). The maximum Gasteiger partial charge on any atom is 0.251 e. The van der Waals surface area contributed by atoms with Gasteiger partial charge in [-0.3, -0.25) is 14.8 Å². The molecule has 3 aromatic rings. The first kappa shape index (κ1) is 15.9. The molecule has 7 heteroatoms. The van der Waals surface area contributed by atoms with Gasteiger partial charge in [-0.2, -0.15) is 11.3 Å². The summed E-state index contributed by atoms with van der Waals surface area (Å²) in [6, 6.07) is 6.73. The van der Waals surface area contributed by atoms with E-state index in [4.69, 9.17) is 23.2 Å². The summed E-state index contributed by atoms with van der Waals surface area (Å²) in [5.74, 6) is -0.245. The minimum absolute atomic E-state index is 0.245. The molecule has 0 unspecified atom stereocenters. The number of hydrogen-bond acceptors (Lipinski definition) is 4.